The lowest BCUT2D eigenvalue weighted by Gasteiger charge is -2.29. The first kappa shape index (κ1) is 33.9. The van der Waals surface area contributed by atoms with Crippen molar-refractivity contribution in [3.63, 3.8) is 0 Å². The van der Waals surface area contributed by atoms with E-state index >= 15 is 0 Å². The van der Waals surface area contributed by atoms with Crippen molar-refractivity contribution in [1.29, 1.82) is 0 Å². The van der Waals surface area contributed by atoms with Crippen LogP contribution in [0.25, 0.3) is 0 Å². The summed E-state index contributed by atoms with van der Waals surface area (Å²) < 4.78 is 11.6. The van der Waals surface area contributed by atoms with E-state index in [2.05, 4.69) is 13.8 Å². The number of carbonyl (C=O) groups is 2. The summed E-state index contributed by atoms with van der Waals surface area (Å²) in [5.41, 5.74) is 0.794. The third-order valence-electron chi connectivity index (χ3n) is 7.84. The molecule has 0 bridgehead atoms. The Kier molecular flexibility index (Phi) is 19.0. The maximum Gasteiger partial charge on any atom is 0.333 e. The summed E-state index contributed by atoms with van der Waals surface area (Å²) >= 11 is 0. The number of esters is 1. The van der Waals surface area contributed by atoms with E-state index in [4.69, 9.17) is 9.47 Å². The Morgan fingerprint density at radius 3 is 1.62 bits per heavy atom. The van der Waals surface area contributed by atoms with Gasteiger partial charge in [-0.2, -0.15) is 0 Å². The number of hydrogen-bond acceptors (Lipinski definition) is 4. The van der Waals surface area contributed by atoms with Crippen LogP contribution in [0.1, 0.15) is 154 Å². The maximum atomic E-state index is 12.8. The molecule has 0 saturated heterocycles. The Balaban J connectivity index is 1.67. The zero-order valence-electron chi connectivity index (χ0n) is 25.7. The van der Waals surface area contributed by atoms with E-state index in [0.717, 1.165) is 30.6 Å². The fraction of sp³-hybridized carbons (Fsp3) is 0.714. The Hall–Kier alpha value is -2.30. The summed E-state index contributed by atoms with van der Waals surface area (Å²) in [5.74, 6) is 0.154. The molecule has 0 saturated carbocycles. The van der Waals surface area contributed by atoms with E-state index in [1.54, 1.807) is 4.90 Å². The van der Waals surface area contributed by atoms with Crippen LogP contribution < -0.4 is 4.74 Å². The number of rotatable bonds is 24. The van der Waals surface area contributed by atoms with Crippen LogP contribution in [-0.4, -0.2) is 29.9 Å². The monoisotopic (exact) mass is 555 g/mol. The van der Waals surface area contributed by atoms with E-state index in [1.165, 1.54) is 121 Å². The molecule has 0 spiro atoms. The van der Waals surface area contributed by atoms with E-state index < -0.39 is 12.2 Å². The van der Waals surface area contributed by atoms with Gasteiger partial charge in [-0.25, -0.2) is 4.79 Å². The first-order valence-corrected chi connectivity index (χ1v) is 16.6. The van der Waals surface area contributed by atoms with Crippen molar-refractivity contribution in [2.24, 2.45) is 0 Å². The highest BCUT2D eigenvalue weighted by molar-refractivity contribution is 5.96. The molecule has 40 heavy (non-hydrogen) atoms. The van der Waals surface area contributed by atoms with Crippen LogP contribution in [0.3, 0.4) is 0 Å². The van der Waals surface area contributed by atoms with Gasteiger partial charge in [0.1, 0.15) is 5.75 Å². The number of carbonyl (C=O) groups excluding carboxylic acids is 2. The molecule has 0 N–H and O–H groups in total. The Labute approximate surface area is 245 Å². The van der Waals surface area contributed by atoms with Crippen molar-refractivity contribution in [2.75, 3.05) is 13.2 Å². The minimum atomic E-state index is -0.704. The van der Waals surface area contributed by atoms with Crippen molar-refractivity contribution in [2.45, 2.75) is 148 Å². The minimum absolute atomic E-state index is 0.175. The van der Waals surface area contributed by atoms with Crippen molar-refractivity contribution >= 4 is 11.9 Å². The quantitative estimate of drug-likeness (QED) is 0.0941. The van der Waals surface area contributed by atoms with Crippen LogP contribution >= 0.6 is 0 Å². The summed E-state index contributed by atoms with van der Waals surface area (Å²) in [4.78, 5) is 26.6. The Morgan fingerprint density at radius 1 is 0.625 bits per heavy atom. The molecule has 1 unspecified atom stereocenters. The fourth-order valence-corrected chi connectivity index (χ4v) is 5.32. The SMILES string of the molecule is CCCCCCCCCCCCCCOc1ccc(C2OC(=O)C=CC(=O)N2CCCCCCCCCC)cc1. The second kappa shape index (κ2) is 22.4. The second-order valence-corrected chi connectivity index (χ2v) is 11.4. The van der Waals surface area contributed by atoms with Gasteiger partial charge in [0.2, 0.25) is 12.1 Å². The van der Waals surface area contributed by atoms with Gasteiger partial charge in [0, 0.05) is 24.3 Å². The smallest absolute Gasteiger partial charge is 0.333 e. The second-order valence-electron chi connectivity index (χ2n) is 11.4. The van der Waals surface area contributed by atoms with Crippen LogP contribution in [0, 0.1) is 0 Å². The molecule has 1 aliphatic heterocycles. The van der Waals surface area contributed by atoms with Crippen LogP contribution in [0.2, 0.25) is 0 Å². The predicted octanol–water partition coefficient (Wildman–Crippen LogP) is 9.85. The van der Waals surface area contributed by atoms with Crippen LogP contribution in [0.15, 0.2) is 36.4 Å². The van der Waals surface area contributed by atoms with Crippen LogP contribution in [0.5, 0.6) is 5.75 Å². The molecule has 1 heterocycles. The zero-order chi connectivity index (χ0) is 28.7. The molecule has 226 valence electrons. The summed E-state index contributed by atoms with van der Waals surface area (Å²) in [5, 5.41) is 0. The molecule has 0 aromatic heterocycles. The fourth-order valence-electron chi connectivity index (χ4n) is 5.32. The molecule has 1 amide bonds. The van der Waals surface area contributed by atoms with Crippen LogP contribution in [-0.2, 0) is 14.3 Å². The van der Waals surface area contributed by atoms with E-state index in [9.17, 15) is 9.59 Å². The molecule has 1 atom stereocenters. The highest BCUT2D eigenvalue weighted by atomic mass is 16.6. The highest BCUT2D eigenvalue weighted by Crippen LogP contribution is 2.27. The number of hydrogen-bond donors (Lipinski definition) is 0. The molecule has 5 nitrogen and oxygen atoms in total. The van der Waals surface area contributed by atoms with Gasteiger partial charge in [0.05, 0.1) is 6.61 Å². The van der Waals surface area contributed by atoms with Crippen molar-refractivity contribution in [3.05, 3.63) is 42.0 Å². The van der Waals surface area contributed by atoms with Gasteiger partial charge in [0.25, 0.3) is 0 Å². The minimum Gasteiger partial charge on any atom is -0.494 e. The molecule has 1 aliphatic rings. The molecule has 0 aliphatic carbocycles. The first-order chi connectivity index (χ1) is 19.7. The average molecular weight is 556 g/mol. The van der Waals surface area contributed by atoms with E-state index in [0.29, 0.717) is 13.2 Å². The topological polar surface area (TPSA) is 55.8 Å². The Bertz CT molecular complexity index is 819. The summed E-state index contributed by atoms with van der Waals surface area (Å²) in [6.07, 6.45) is 27.4. The lowest BCUT2D eigenvalue weighted by molar-refractivity contribution is -0.157. The number of benzene rings is 1. The third kappa shape index (κ3) is 14.9. The van der Waals surface area contributed by atoms with Gasteiger partial charge in [-0.15, -0.1) is 0 Å². The van der Waals surface area contributed by atoms with Gasteiger partial charge in [0.15, 0.2) is 0 Å². The number of ether oxygens (including phenoxy) is 2. The highest BCUT2D eigenvalue weighted by Gasteiger charge is 2.29. The number of amides is 1. The molecule has 0 fully saturated rings. The van der Waals surface area contributed by atoms with Gasteiger partial charge >= 0.3 is 5.97 Å². The molecule has 1 aromatic rings. The van der Waals surface area contributed by atoms with Crippen molar-refractivity contribution < 1.29 is 19.1 Å². The van der Waals surface area contributed by atoms with Crippen molar-refractivity contribution in [3.8, 4) is 5.75 Å². The lowest BCUT2D eigenvalue weighted by Crippen LogP contribution is -2.35. The lowest BCUT2D eigenvalue weighted by atomic mass is 10.1. The predicted molar refractivity (Wildman–Crippen MR) is 165 cm³/mol. The van der Waals surface area contributed by atoms with E-state index in [-0.39, 0.29) is 5.91 Å². The van der Waals surface area contributed by atoms with Crippen LogP contribution in [0.4, 0.5) is 0 Å². The molecule has 0 radical (unpaired) electrons. The first-order valence-electron chi connectivity index (χ1n) is 16.6. The molecule has 2 rings (SSSR count). The molecular formula is C35H57NO4. The van der Waals surface area contributed by atoms with Gasteiger partial charge < -0.3 is 9.47 Å². The summed E-state index contributed by atoms with van der Waals surface area (Å²) in [6, 6.07) is 7.66. The van der Waals surface area contributed by atoms with Crippen molar-refractivity contribution in [1.82, 2.24) is 4.90 Å². The average Bonchev–Trinajstić information content (AvgIpc) is 3.10. The number of nitrogens with zero attached hydrogens (tertiary/aromatic N) is 1. The number of cyclic esters (lactones) is 1. The van der Waals surface area contributed by atoms with Gasteiger partial charge in [-0.3, -0.25) is 9.69 Å². The van der Waals surface area contributed by atoms with Gasteiger partial charge in [-0.1, -0.05) is 129 Å². The normalized spacial score (nSPS) is 15.3. The standard InChI is InChI=1S/C35H57NO4/c1-3-5-7-9-11-13-14-15-16-18-20-22-30-39-32-25-23-31(24-26-32)35-36(33(37)27-28-34(38)40-35)29-21-19-17-12-10-8-6-4-2/h23-28,35H,3-22,29-30H2,1-2H3. The zero-order valence-corrected chi connectivity index (χ0v) is 25.7. The summed E-state index contributed by atoms with van der Waals surface area (Å²) in [6.45, 7) is 5.79. The van der Waals surface area contributed by atoms with E-state index in [1.807, 2.05) is 24.3 Å². The number of unbranched alkanes of at least 4 members (excludes halogenated alkanes) is 18. The maximum absolute atomic E-state index is 12.8. The molecular weight excluding hydrogens is 498 g/mol. The molecule has 1 aromatic carbocycles. The summed E-state index contributed by atoms with van der Waals surface area (Å²) in [7, 11) is 0. The molecule has 5 heteroatoms. The Morgan fingerprint density at radius 2 is 1.10 bits per heavy atom. The van der Waals surface area contributed by atoms with Gasteiger partial charge in [-0.05, 0) is 37.1 Å². The largest absolute Gasteiger partial charge is 0.494 e. The third-order valence-corrected chi connectivity index (χ3v) is 7.84.